The summed E-state index contributed by atoms with van der Waals surface area (Å²) in [6.45, 7) is 0.444. The molecule has 126 valence electrons. The van der Waals surface area contributed by atoms with Crippen LogP contribution in [0.1, 0.15) is 10.4 Å². The smallest absolute Gasteiger partial charge is 0.250 e. The highest BCUT2D eigenvalue weighted by molar-refractivity contribution is 7.99. The number of halogens is 1. The molecule has 2 amide bonds. The number of nitrogens with one attached hydrogen (secondary N) is 1. The number of carbonyl (C=O) groups is 2. The second kappa shape index (κ2) is 9.20. The highest BCUT2D eigenvalue weighted by atomic mass is 35.5. The average molecular weight is 365 g/mol. The molecule has 0 radical (unpaired) electrons. The summed E-state index contributed by atoms with van der Waals surface area (Å²) in [6, 6.07) is 13.9. The van der Waals surface area contributed by atoms with E-state index in [1.807, 2.05) is 12.1 Å². The van der Waals surface area contributed by atoms with Crippen molar-refractivity contribution in [3.8, 4) is 5.75 Å². The third-order valence-corrected chi connectivity index (χ3v) is 4.26. The molecular weight excluding hydrogens is 348 g/mol. The van der Waals surface area contributed by atoms with Gasteiger partial charge in [-0.25, -0.2) is 0 Å². The first-order valence-corrected chi connectivity index (χ1v) is 8.75. The molecule has 2 aromatic carbocycles. The van der Waals surface area contributed by atoms with E-state index in [1.165, 1.54) is 11.8 Å². The molecule has 5 nitrogen and oxygen atoms in total. The Labute approximate surface area is 149 Å². The van der Waals surface area contributed by atoms with Crippen LogP contribution in [0.4, 0.5) is 5.69 Å². The second-order valence-electron chi connectivity index (χ2n) is 4.79. The van der Waals surface area contributed by atoms with Crippen LogP contribution in [0, 0.1) is 0 Å². The van der Waals surface area contributed by atoms with Crippen molar-refractivity contribution < 1.29 is 14.3 Å². The molecule has 0 heterocycles. The molecule has 0 aliphatic heterocycles. The summed E-state index contributed by atoms with van der Waals surface area (Å²) < 4.78 is 5.54. The number of hydrogen-bond acceptors (Lipinski definition) is 4. The van der Waals surface area contributed by atoms with Gasteiger partial charge in [-0.3, -0.25) is 9.59 Å². The van der Waals surface area contributed by atoms with Crippen LogP contribution in [-0.4, -0.2) is 29.9 Å². The third-order valence-electron chi connectivity index (χ3n) is 3.02. The predicted molar refractivity (Wildman–Crippen MR) is 97.9 cm³/mol. The number of benzene rings is 2. The lowest BCUT2D eigenvalue weighted by atomic mass is 10.1. The van der Waals surface area contributed by atoms with Gasteiger partial charge in [0.15, 0.2) is 0 Å². The molecule has 2 aromatic rings. The lowest BCUT2D eigenvalue weighted by Gasteiger charge is -2.09. The van der Waals surface area contributed by atoms with Crippen LogP contribution >= 0.6 is 23.4 Å². The Kier molecular flexibility index (Phi) is 6.96. The van der Waals surface area contributed by atoms with E-state index in [-0.39, 0.29) is 17.2 Å². The molecule has 0 aromatic heterocycles. The van der Waals surface area contributed by atoms with Crippen LogP contribution in [0.25, 0.3) is 0 Å². The van der Waals surface area contributed by atoms with E-state index in [9.17, 15) is 9.59 Å². The highest BCUT2D eigenvalue weighted by Crippen LogP contribution is 2.23. The maximum atomic E-state index is 11.9. The highest BCUT2D eigenvalue weighted by Gasteiger charge is 2.10. The van der Waals surface area contributed by atoms with Crippen LogP contribution < -0.4 is 15.8 Å². The topological polar surface area (TPSA) is 81.4 Å². The monoisotopic (exact) mass is 364 g/mol. The van der Waals surface area contributed by atoms with Crippen molar-refractivity contribution in [3.05, 3.63) is 59.1 Å². The first-order valence-electron chi connectivity index (χ1n) is 7.21. The molecule has 0 aliphatic rings. The molecule has 0 unspecified atom stereocenters. The summed E-state index contributed by atoms with van der Waals surface area (Å²) in [6.07, 6.45) is 0. The Balaban J connectivity index is 1.72. The van der Waals surface area contributed by atoms with Crippen LogP contribution in [0.2, 0.25) is 5.02 Å². The summed E-state index contributed by atoms with van der Waals surface area (Å²) in [5.74, 6) is 0.729. The minimum atomic E-state index is -0.577. The number of primary amides is 1. The van der Waals surface area contributed by atoms with Crippen LogP contribution in [-0.2, 0) is 4.79 Å². The Hall–Kier alpha value is -2.18. The molecule has 3 N–H and O–H groups in total. The number of rotatable bonds is 8. The standard InChI is InChI=1S/C17H17ClN2O3S/c18-13-6-2-4-8-15(13)23-9-10-24-11-16(21)20-14-7-3-1-5-12(14)17(19)22/h1-8H,9-11H2,(H2,19,22)(H,20,21). The number of ether oxygens (including phenoxy) is 1. The van der Waals surface area contributed by atoms with Gasteiger partial charge in [0, 0.05) is 5.75 Å². The molecule has 0 saturated heterocycles. The van der Waals surface area contributed by atoms with E-state index >= 15 is 0 Å². The van der Waals surface area contributed by atoms with Crippen molar-refractivity contribution >= 4 is 40.9 Å². The average Bonchev–Trinajstić information content (AvgIpc) is 2.56. The summed E-state index contributed by atoms with van der Waals surface area (Å²) in [5, 5.41) is 3.25. The Morgan fingerprint density at radius 2 is 1.83 bits per heavy atom. The SMILES string of the molecule is NC(=O)c1ccccc1NC(=O)CSCCOc1ccccc1Cl. The first-order chi connectivity index (χ1) is 11.6. The Bertz CT molecular complexity index is 724. The van der Waals surface area contributed by atoms with E-state index in [2.05, 4.69) is 5.32 Å². The van der Waals surface area contributed by atoms with Crippen molar-refractivity contribution in [2.45, 2.75) is 0 Å². The molecule has 0 fully saturated rings. The Morgan fingerprint density at radius 3 is 2.58 bits per heavy atom. The molecule has 7 heteroatoms. The maximum Gasteiger partial charge on any atom is 0.250 e. The fourth-order valence-corrected chi connectivity index (χ4v) is 2.72. The molecule has 0 atom stereocenters. The molecular formula is C17H17ClN2O3S. The number of amides is 2. The van der Waals surface area contributed by atoms with Gasteiger partial charge in [-0.1, -0.05) is 35.9 Å². The van der Waals surface area contributed by atoms with Gasteiger partial charge in [-0.2, -0.15) is 0 Å². The van der Waals surface area contributed by atoms with Gasteiger partial charge in [0.1, 0.15) is 5.75 Å². The Morgan fingerprint density at radius 1 is 1.12 bits per heavy atom. The number of anilines is 1. The van der Waals surface area contributed by atoms with E-state index in [0.717, 1.165) is 0 Å². The lowest BCUT2D eigenvalue weighted by molar-refractivity contribution is -0.113. The second-order valence-corrected chi connectivity index (χ2v) is 6.30. The predicted octanol–water partition coefficient (Wildman–Crippen LogP) is 3.19. The van der Waals surface area contributed by atoms with Gasteiger partial charge < -0.3 is 15.8 Å². The summed E-state index contributed by atoms with van der Waals surface area (Å²) in [7, 11) is 0. The zero-order valence-electron chi connectivity index (χ0n) is 12.8. The normalized spacial score (nSPS) is 10.2. The van der Waals surface area contributed by atoms with Gasteiger partial charge in [0.2, 0.25) is 5.91 Å². The quantitative estimate of drug-likeness (QED) is 0.705. The van der Waals surface area contributed by atoms with Gasteiger partial charge in [0.25, 0.3) is 5.91 Å². The number of carbonyl (C=O) groups excluding carboxylic acids is 2. The summed E-state index contributed by atoms with van der Waals surface area (Å²) in [5.41, 5.74) is 5.98. The molecule has 24 heavy (non-hydrogen) atoms. The van der Waals surface area contributed by atoms with E-state index < -0.39 is 5.91 Å². The van der Waals surface area contributed by atoms with E-state index in [4.69, 9.17) is 22.1 Å². The minimum absolute atomic E-state index is 0.202. The van der Waals surface area contributed by atoms with E-state index in [1.54, 1.807) is 36.4 Å². The zero-order chi connectivity index (χ0) is 17.4. The van der Waals surface area contributed by atoms with Crippen molar-refractivity contribution in [1.82, 2.24) is 0 Å². The van der Waals surface area contributed by atoms with Crippen LogP contribution in [0.15, 0.2) is 48.5 Å². The number of para-hydroxylation sites is 2. The fourth-order valence-electron chi connectivity index (χ4n) is 1.93. The number of thioether (sulfide) groups is 1. The van der Waals surface area contributed by atoms with Crippen LogP contribution in [0.5, 0.6) is 5.75 Å². The first kappa shape index (κ1) is 18.2. The minimum Gasteiger partial charge on any atom is -0.491 e. The van der Waals surface area contributed by atoms with Crippen molar-refractivity contribution in [2.75, 3.05) is 23.4 Å². The zero-order valence-corrected chi connectivity index (χ0v) is 14.4. The molecule has 0 spiro atoms. The summed E-state index contributed by atoms with van der Waals surface area (Å²) >= 11 is 7.41. The van der Waals surface area contributed by atoms with Gasteiger partial charge in [-0.15, -0.1) is 11.8 Å². The molecule has 0 bridgehead atoms. The van der Waals surface area contributed by atoms with Gasteiger partial charge in [0.05, 0.1) is 28.6 Å². The number of nitrogens with two attached hydrogens (primary N) is 1. The fraction of sp³-hybridized carbons (Fsp3) is 0.176. The lowest BCUT2D eigenvalue weighted by Crippen LogP contribution is -2.19. The molecule has 0 aliphatic carbocycles. The molecule has 0 saturated carbocycles. The number of hydrogen-bond donors (Lipinski definition) is 2. The molecule has 2 rings (SSSR count). The van der Waals surface area contributed by atoms with E-state index in [0.29, 0.717) is 28.8 Å². The van der Waals surface area contributed by atoms with Gasteiger partial charge in [-0.05, 0) is 24.3 Å². The summed E-state index contributed by atoms with van der Waals surface area (Å²) in [4.78, 5) is 23.2. The van der Waals surface area contributed by atoms with Crippen LogP contribution in [0.3, 0.4) is 0 Å². The maximum absolute atomic E-state index is 11.9. The van der Waals surface area contributed by atoms with Gasteiger partial charge >= 0.3 is 0 Å². The van der Waals surface area contributed by atoms with Crippen molar-refractivity contribution in [3.63, 3.8) is 0 Å². The van der Waals surface area contributed by atoms with Crippen molar-refractivity contribution in [2.24, 2.45) is 5.73 Å². The van der Waals surface area contributed by atoms with Crippen molar-refractivity contribution in [1.29, 1.82) is 0 Å². The third kappa shape index (κ3) is 5.47. The largest absolute Gasteiger partial charge is 0.491 e.